The van der Waals surface area contributed by atoms with Gasteiger partial charge in [-0.05, 0) is 82.3 Å². The van der Waals surface area contributed by atoms with E-state index in [-0.39, 0.29) is 0 Å². The largest absolute Gasteiger partial charge is 0.464 e. The summed E-state index contributed by atoms with van der Waals surface area (Å²) in [6.45, 7) is 9.98. The van der Waals surface area contributed by atoms with E-state index in [1.165, 1.54) is 22.3 Å². The molecular weight excluding hydrogens is 707 g/mol. The van der Waals surface area contributed by atoms with Crippen molar-refractivity contribution in [2.45, 2.75) is 6.92 Å². The number of nitrogens with one attached hydrogen (secondary N) is 1. The third kappa shape index (κ3) is 8.16. The molecule has 0 radical (unpaired) electrons. The van der Waals surface area contributed by atoms with Gasteiger partial charge in [-0.1, -0.05) is 183 Å². The number of ether oxygens (including phenoxy) is 1. The number of hydrogen-bond acceptors (Lipinski definition) is 3. The van der Waals surface area contributed by atoms with E-state index < -0.39 is 0 Å². The summed E-state index contributed by atoms with van der Waals surface area (Å²) in [5.74, 6) is 0.825. The van der Waals surface area contributed by atoms with Crippen LogP contribution in [-0.2, 0) is 0 Å². The van der Waals surface area contributed by atoms with Crippen LogP contribution in [0.2, 0.25) is 0 Å². The maximum atomic E-state index is 6.05. The molecule has 0 aliphatic carbocycles. The van der Waals surface area contributed by atoms with Crippen molar-refractivity contribution >= 4 is 44.5 Å². The summed E-state index contributed by atoms with van der Waals surface area (Å²) >= 11 is 0. The maximum absolute atomic E-state index is 6.05. The molecule has 0 atom stereocenters. The first-order chi connectivity index (χ1) is 28.6. The highest BCUT2D eigenvalue weighted by atomic mass is 16.5. The lowest BCUT2D eigenvalue weighted by atomic mass is 9.97. The zero-order valence-corrected chi connectivity index (χ0v) is 32.4. The fourth-order valence-corrected chi connectivity index (χ4v) is 7.21. The molecule has 0 unspecified atom stereocenters. The predicted molar refractivity (Wildman–Crippen MR) is 247 cm³/mol. The molecule has 1 aliphatic heterocycles. The SMILES string of the molecule is C=C/C=C(\C=C/C)c1cccc2c1oc1ccccc12.C=C1/C=C\C=C/Oc2c1cccc2-c1ccc(Nc2ccc(-c3ccc(-c4ccccc4)cc3)cc2)cc1. The van der Waals surface area contributed by atoms with Crippen molar-refractivity contribution in [1.82, 2.24) is 0 Å². The molecule has 2 heterocycles. The van der Waals surface area contributed by atoms with Crippen molar-refractivity contribution in [3.05, 3.63) is 237 Å². The Labute approximate surface area is 340 Å². The molecule has 7 aromatic carbocycles. The molecule has 0 saturated carbocycles. The van der Waals surface area contributed by atoms with Gasteiger partial charge in [-0.25, -0.2) is 0 Å². The number of para-hydroxylation sites is 3. The molecule has 9 rings (SSSR count). The van der Waals surface area contributed by atoms with Gasteiger partial charge >= 0.3 is 0 Å². The van der Waals surface area contributed by atoms with E-state index in [2.05, 4.69) is 152 Å². The Hall–Kier alpha value is -7.62. The van der Waals surface area contributed by atoms with E-state index in [0.717, 1.165) is 72.5 Å². The Balaban J connectivity index is 0.000000197. The van der Waals surface area contributed by atoms with Gasteiger partial charge in [0, 0.05) is 38.8 Å². The predicted octanol–water partition coefficient (Wildman–Crippen LogP) is 15.6. The van der Waals surface area contributed by atoms with Crippen molar-refractivity contribution in [2.75, 3.05) is 5.32 Å². The summed E-state index contributed by atoms with van der Waals surface area (Å²) < 4.78 is 12.0. The molecule has 280 valence electrons. The van der Waals surface area contributed by atoms with Gasteiger partial charge in [-0.3, -0.25) is 0 Å². The molecule has 0 saturated heterocycles. The first kappa shape index (κ1) is 37.3. The standard InChI is InChI=1S/C36H27NO.C19H16O/c1-26-8-5-6-25-38-36-34(26)11-7-12-35(36)31-19-23-33(24-20-31)37-32-21-17-30(18-22-32)29-15-13-28(14-16-29)27-9-3-2-4-10-27;1-3-8-14(9-4-2)15-11-7-12-17-16-10-5-6-13-18(16)20-19(15)17/h2-25,37H,1H2;3-13H,1H2,2H3/b8-5-,25-6-;9-4-,14-8+. The molecule has 3 heteroatoms. The molecule has 0 spiro atoms. The van der Waals surface area contributed by atoms with Gasteiger partial charge in [-0.2, -0.15) is 0 Å². The van der Waals surface area contributed by atoms with Crippen molar-refractivity contribution in [3.63, 3.8) is 0 Å². The Bertz CT molecular complexity index is 2830. The van der Waals surface area contributed by atoms with Gasteiger partial charge in [0.15, 0.2) is 0 Å². The number of anilines is 2. The van der Waals surface area contributed by atoms with Crippen molar-refractivity contribution < 1.29 is 9.15 Å². The van der Waals surface area contributed by atoms with Crippen LogP contribution in [0.1, 0.15) is 18.1 Å². The van der Waals surface area contributed by atoms with E-state index in [1.807, 2.05) is 73.7 Å². The summed E-state index contributed by atoms with van der Waals surface area (Å²) in [7, 11) is 0. The van der Waals surface area contributed by atoms with Crippen molar-refractivity contribution in [3.8, 4) is 39.1 Å². The van der Waals surface area contributed by atoms with Crippen LogP contribution in [0, 0.1) is 0 Å². The second-order valence-electron chi connectivity index (χ2n) is 13.9. The molecule has 0 bridgehead atoms. The zero-order valence-electron chi connectivity index (χ0n) is 32.4. The van der Waals surface area contributed by atoms with Gasteiger partial charge in [0.25, 0.3) is 0 Å². The maximum Gasteiger partial charge on any atom is 0.143 e. The number of allylic oxidation sites excluding steroid dienone is 9. The third-order valence-electron chi connectivity index (χ3n) is 10.1. The number of hydrogen-bond donors (Lipinski definition) is 1. The van der Waals surface area contributed by atoms with E-state index in [1.54, 1.807) is 12.3 Å². The summed E-state index contributed by atoms with van der Waals surface area (Å²) in [5.41, 5.74) is 15.0. The highest BCUT2D eigenvalue weighted by Crippen LogP contribution is 2.39. The fraction of sp³-hybridized carbons (Fsp3) is 0.0182. The van der Waals surface area contributed by atoms with E-state index >= 15 is 0 Å². The Morgan fingerprint density at radius 1 is 0.569 bits per heavy atom. The van der Waals surface area contributed by atoms with Crippen molar-refractivity contribution in [2.24, 2.45) is 0 Å². The summed E-state index contributed by atoms with van der Waals surface area (Å²) in [6, 6.07) is 56.7. The first-order valence-electron chi connectivity index (χ1n) is 19.4. The van der Waals surface area contributed by atoms with Crippen LogP contribution >= 0.6 is 0 Å². The average molecular weight is 750 g/mol. The van der Waals surface area contributed by atoms with Crippen LogP contribution in [0.15, 0.2) is 230 Å². The monoisotopic (exact) mass is 749 g/mol. The van der Waals surface area contributed by atoms with E-state index in [4.69, 9.17) is 9.15 Å². The lowest BCUT2D eigenvalue weighted by Gasteiger charge is -2.16. The fourth-order valence-electron chi connectivity index (χ4n) is 7.21. The summed E-state index contributed by atoms with van der Waals surface area (Å²) in [6.07, 6.45) is 15.4. The average Bonchev–Trinajstić information content (AvgIpc) is 3.66. The Morgan fingerprint density at radius 3 is 1.84 bits per heavy atom. The van der Waals surface area contributed by atoms with Crippen LogP contribution in [0.25, 0.3) is 66.5 Å². The summed E-state index contributed by atoms with van der Waals surface area (Å²) in [4.78, 5) is 0. The zero-order chi connectivity index (χ0) is 39.7. The van der Waals surface area contributed by atoms with Gasteiger partial charge in [0.2, 0.25) is 0 Å². The van der Waals surface area contributed by atoms with Gasteiger partial charge in [0.1, 0.15) is 16.9 Å². The molecule has 0 amide bonds. The minimum Gasteiger partial charge on any atom is -0.464 e. The minimum absolute atomic E-state index is 0.825. The van der Waals surface area contributed by atoms with Crippen LogP contribution in [0.4, 0.5) is 11.4 Å². The van der Waals surface area contributed by atoms with E-state index in [0.29, 0.717) is 0 Å². The lowest BCUT2D eigenvalue weighted by Crippen LogP contribution is -1.95. The molecular formula is C55H43NO2. The Morgan fingerprint density at radius 2 is 1.16 bits per heavy atom. The number of benzene rings is 7. The van der Waals surface area contributed by atoms with Crippen molar-refractivity contribution in [1.29, 1.82) is 0 Å². The number of rotatable bonds is 8. The number of fused-ring (bicyclic) bond motifs is 4. The second-order valence-corrected chi connectivity index (χ2v) is 13.9. The normalized spacial score (nSPS) is 13.5. The van der Waals surface area contributed by atoms with E-state index in [9.17, 15) is 0 Å². The molecule has 1 aromatic heterocycles. The topological polar surface area (TPSA) is 34.4 Å². The highest BCUT2D eigenvalue weighted by molar-refractivity contribution is 6.08. The van der Waals surface area contributed by atoms with Crippen LogP contribution < -0.4 is 10.1 Å². The molecule has 8 aromatic rings. The summed E-state index contributed by atoms with van der Waals surface area (Å²) in [5, 5.41) is 5.82. The van der Waals surface area contributed by atoms with Crippen LogP contribution in [0.3, 0.4) is 0 Å². The molecule has 58 heavy (non-hydrogen) atoms. The van der Waals surface area contributed by atoms with Crippen LogP contribution in [0.5, 0.6) is 5.75 Å². The van der Waals surface area contributed by atoms with Crippen LogP contribution in [-0.4, -0.2) is 0 Å². The molecule has 0 fully saturated rings. The third-order valence-corrected chi connectivity index (χ3v) is 10.1. The highest BCUT2D eigenvalue weighted by Gasteiger charge is 2.14. The Kier molecular flexibility index (Phi) is 11.2. The molecule has 1 aliphatic rings. The number of furan rings is 1. The van der Waals surface area contributed by atoms with Gasteiger partial charge in [-0.15, -0.1) is 0 Å². The van der Waals surface area contributed by atoms with Gasteiger partial charge in [0.05, 0.1) is 6.26 Å². The van der Waals surface area contributed by atoms with Gasteiger partial charge < -0.3 is 14.5 Å². The molecule has 1 N–H and O–H groups in total. The quantitative estimate of drug-likeness (QED) is 0.157. The second kappa shape index (κ2) is 17.5. The first-order valence-corrected chi connectivity index (χ1v) is 19.4. The minimum atomic E-state index is 0.825. The smallest absolute Gasteiger partial charge is 0.143 e. The molecule has 3 nitrogen and oxygen atoms in total. The lowest BCUT2D eigenvalue weighted by molar-refractivity contribution is 0.481.